The van der Waals surface area contributed by atoms with E-state index < -0.39 is 0 Å². The molecular weight excluding hydrogens is 366 g/mol. The standard InChI is InChI=1S/C22H25N5O2/c1-4-27(5-2)18-10-6-16(7-11-18)24-21(28)20-14-15-23-22(26-20)25-17-8-12-19(29-3)13-9-17/h6-15H,4-5H2,1-3H3,(H,24,28)(H,23,25,26). The molecule has 3 aromatic rings. The average molecular weight is 391 g/mol. The molecule has 0 spiro atoms. The first kappa shape index (κ1) is 20.1. The SMILES string of the molecule is CCN(CC)c1ccc(NC(=O)c2ccnc(Nc3ccc(OC)cc3)n2)cc1. The molecule has 7 heteroatoms. The highest BCUT2D eigenvalue weighted by Crippen LogP contribution is 2.19. The second-order valence-corrected chi connectivity index (χ2v) is 6.29. The van der Waals surface area contributed by atoms with Gasteiger partial charge < -0.3 is 20.3 Å². The molecule has 7 nitrogen and oxygen atoms in total. The van der Waals surface area contributed by atoms with Crippen molar-refractivity contribution in [2.24, 2.45) is 0 Å². The third-order valence-electron chi connectivity index (χ3n) is 4.49. The monoisotopic (exact) mass is 391 g/mol. The first-order valence-electron chi connectivity index (χ1n) is 9.53. The minimum absolute atomic E-state index is 0.281. The summed E-state index contributed by atoms with van der Waals surface area (Å²) in [6, 6.07) is 16.7. The molecule has 0 aliphatic heterocycles. The average Bonchev–Trinajstić information content (AvgIpc) is 2.76. The van der Waals surface area contributed by atoms with Crippen LogP contribution in [0.2, 0.25) is 0 Å². The number of benzene rings is 2. The zero-order valence-corrected chi connectivity index (χ0v) is 16.8. The van der Waals surface area contributed by atoms with Crippen LogP contribution in [-0.4, -0.2) is 36.1 Å². The van der Waals surface area contributed by atoms with Crippen molar-refractivity contribution in [3.05, 3.63) is 66.5 Å². The molecule has 0 atom stereocenters. The molecule has 2 N–H and O–H groups in total. The van der Waals surface area contributed by atoms with Crippen molar-refractivity contribution in [1.82, 2.24) is 9.97 Å². The summed E-state index contributed by atoms with van der Waals surface area (Å²) in [7, 11) is 1.62. The second-order valence-electron chi connectivity index (χ2n) is 6.29. The van der Waals surface area contributed by atoms with Gasteiger partial charge in [-0.3, -0.25) is 4.79 Å². The maximum absolute atomic E-state index is 12.6. The first-order chi connectivity index (χ1) is 14.1. The highest BCUT2D eigenvalue weighted by atomic mass is 16.5. The molecule has 0 unspecified atom stereocenters. The molecular formula is C22H25N5O2. The van der Waals surface area contributed by atoms with E-state index in [2.05, 4.69) is 39.3 Å². The van der Waals surface area contributed by atoms with Crippen molar-refractivity contribution in [3.8, 4) is 5.75 Å². The number of ether oxygens (including phenoxy) is 1. The lowest BCUT2D eigenvalue weighted by Crippen LogP contribution is -2.21. The normalized spacial score (nSPS) is 10.3. The van der Waals surface area contributed by atoms with E-state index in [0.717, 1.165) is 30.2 Å². The minimum atomic E-state index is -0.291. The number of rotatable bonds is 8. The number of carbonyl (C=O) groups excluding carboxylic acids is 1. The van der Waals surface area contributed by atoms with E-state index in [0.29, 0.717) is 11.6 Å². The Bertz CT molecular complexity index is 938. The van der Waals surface area contributed by atoms with E-state index in [9.17, 15) is 4.79 Å². The van der Waals surface area contributed by atoms with Crippen LogP contribution in [0.3, 0.4) is 0 Å². The zero-order chi connectivity index (χ0) is 20.6. The summed E-state index contributed by atoms with van der Waals surface area (Å²) in [5.74, 6) is 0.817. The number of aromatic nitrogens is 2. The molecule has 1 aromatic heterocycles. The molecule has 0 aliphatic rings. The summed E-state index contributed by atoms with van der Waals surface area (Å²) < 4.78 is 5.15. The fourth-order valence-electron chi connectivity index (χ4n) is 2.89. The number of anilines is 4. The van der Waals surface area contributed by atoms with Crippen LogP contribution >= 0.6 is 0 Å². The number of nitrogens with one attached hydrogen (secondary N) is 2. The van der Waals surface area contributed by atoms with Crippen molar-refractivity contribution >= 4 is 28.9 Å². The summed E-state index contributed by atoms with van der Waals surface area (Å²) in [6.07, 6.45) is 1.55. The summed E-state index contributed by atoms with van der Waals surface area (Å²) in [6.45, 7) is 6.11. The molecule has 0 radical (unpaired) electrons. The van der Waals surface area contributed by atoms with Gasteiger partial charge in [0.05, 0.1) is 7.11 Å². The first-order valence-corrected chi connectivity index (χ1v) is 9.53. The maximum atomic E-state index is 12.6. The van der Waals surface area contributed by atoms with Crippen LogP contribution in [-0.2, 0) is 0 Å². The van der Waals surface area contributed by atoms with E-state index in [1.54, 1.807) is 19.4 Å². The van der Waals surface area contributed by atoms with E-state index in [-0.39, 0.29) is 11.6 Å². The van der Waals surface area contributed by atoms with Crippen LogP contribution in [0.4, 0.5) is 23.0 Å². The van der Waals surface area contributed by atoms with Gasteiger partial charge in [0.25, 0.3) is 5.91 Å². The van der Waals surface area contributed by atoms with Crippen molar-refractivity contribution in [1.29, 1.82) is 0 Å². The Labute approximate surface area is 170 Å². The molecule has 29 heavy (non-hydrogen) atoms. The third kappa shape index (κ3) is 5.22. The number of hydrogen-bond donors (Lipinski definition) is 2. The van der Waals surface area contributed by atoms with Gasteiger partial charge in [-0.2, -0.15) is 0 Å². The lowest BCUT2D eigenvalue weighted by molar-refractivity contribution is 0.102. The van der Waals surface area contributed by atoms with Gasteiger partial charge in [0.15, 0.2) is 0 Å². The van der Waals surface area contributed by atoms with Crippen molar-refractivity contribution in [2.75, 3.05) is 35.7 Å². The minimum Gasteiger partial charge on any atom is -0.497 e. The quantitative estimate of drug-likeness (QED) is 0.595. The van der Waals surface area contributed by atoms with Gasteiger partial charge in [0.1, 0.15) is 11.4 Å². The van der Waals surface area contributed by atoms with Crippen molar-refractivity contribution < 1.29 is 9.53 Å². The predicted molar refractivity (Wildman–Crippen MR) is 116 cm³/mol. The summed E-state index contributed by atoms with van der Waals surface area (Å²) >= 11 is 0. The van der Waals surface area contributed by atoms with Gasteiger partial charge in [0, 0.05) is 36.3 Å². The lowest BCUT2D eigenvalue weighted by Gasteiger charge is -2.21. The summed E-state index contributed by atoms with van der Waals surface area (Å²) in [5, 5.41) is 5.96. The van der Waals surface area contributed by atoms with E-state index in [1.165, 1.54) is 0 Å². The van der Waals surface area contributed by atoms with Crippen LogP contribution in [0, 0.1) is 0 Å². The van der Waals surface area contributed by atoms with Gasteiger partial charge in [-0.15, -0.1) is 0 Å². The fraction of sp³-hybridized carbons (Fsp3) is 0.227. The number of hydrogen-bond acceptors (Lipinski definition) is 6. The Balaban J connectivity index is 1.67. The van der Waals surface area contributed by atoms with E-state index in [4.69, 9.17) is 4.74 Å². The maximum Gasteiger partial charge on any atom is 0.274 e. The molecule has 0 aliphatic carbocycles. The fourth-order valence-corrected chi connectivity index (χ4v) is 2.89. The molecule has 0 saturated heterocycles. The van der Waals surface area contributed by atoms with Gasteiger partial charge >= 0.3 is 0 Å². The van der Waals surface area contributed by atoms with Crippen molar-refractivity contribution in [2.45, 2.75) is 13.8 Å². The number of nitrogens with zero attached hydrogens (tertiary/aromatic N) is 3. The molecule has 0 fully saturated rings. The molecule has 1 heterocycles. The number of methoxy groups -OCH3 is 1. The van der Waals surface area contributed by atoms with Crippen LogP contribution in [0.25, 0.3) is 0 Å². The van der Waals surface area contributed by atoms with E-state index >= 15 is 0 Å². The summed E-state index contributed by atoms with van der Waals surface area (Å²) in [4.78, 5) is 23.3. The second kappa shape index (κ2) is 9.54. The van der Waals surface area contributed by atoms with Gasteiger partial charge in [-0.1, -0.05) is 0 Å². The molecule has 0 saturated carbocycles. The van der Waals surface area contributed by atoms with Gasteiger partial charge in [0.2, 0.25) is 5.95 Å². The molecule has 1 amide bonds. The molecule has 150 valence electrons. The number of amides is 1. The van der Waals surface area contributed by atoms with Crippen LogP contribution < -0.4 is 20.3 Å². The van der Waals surface area contributed by atoms with Crippen LogP contribution in [0.1, 0.15) is 24.3 Å². The summed E-state index contributed by atoms with van der Waals surface area (Å²) in [5.41, 5.74) is 2.93. The molecule has 0 bridgehead atoms. The molecule has 2 aromatic carbocycles. The highest BCUT2D eigenvalue weighted by molar-refractivity contribution is 6.03. The van der Waals surface area contributed by atoms with Crippen LogP contribution in [0.5, 0.6) is 5.75 Å². The zero-order valence-electron chi connectivity index (χ0n) is 16.8. The Hall–Kier alpha value is -3.61. The predicted octanol–water partition coefficient (Wildman–Crippen LogP) is 4.33. The topological polar surface area (TPSA) is 79.4 Å². The Morgan fingerprint density at radius 3 is 2.24 bits per heavy atom. The third-order valence-corrected chi connectivity index (χ3v) is 4.49. The largest absolute Gasteiger partial charge is 0.497 e. The van der Waals surface area contributed by atoms with Gasteiger partial charge in [-0.25, -0.2) is 9.97 Å². The lowest BCUT2D eigenvalue weighted by atomic mass is 10.2. The Kier molecular flexibility index (Phi) is 6.63. The Morgan fingerprint density at radius 2 is 1.62 bits per heavy atom. The highest BCUT2D eigenvalue weighted by Gasteiger charge is 2.10. The number of carbonyl (C=O) groups is 1. The van der Waals surface area contributed by atoms with Crippen molar-refractivity contribution in [3.63, 3.8) is 0 Å². The van der Waals surface area contributed by atoms with Crippen LogP contribution in [0.15, 0.2) is 60.8 Å². The molecule has 3 rings (SSSR count). The smallest absolute Gasteiger partial charge is 0.274 e. The Morgan fingerprint density at radius 1 is 0.966 bits per heavy atom. The van der Waals surface area contributed by atoms with E-state index in [1.807, 2.05) is 48.5 Å². The van der Waals surface area contributed by atoms with Gasteiger partial charge in [-0.05, 0) is 68.4 Å².